The Hall–Kier alpha value is -3.43. The van der Waals surface area contributed by atoms with Crippen LogP contribution in [0.1, 0.15) is 19.4 Å². The monoisotopic (exact) mass is 377 g/mol. The Morgan fingerprint density at radius 3 is 2.11 bits per heavy atom. The summed E-state index contributed by atoms with van der Waals surface area (Å²) >= 11 is 0. The quantitative estimate of drug-likeness (QED) is 0.332. The van der Waals surface area contributed by atoms with E-state index in [0.29, 0.717) is 0 Å². The van der Waals surface area contributed by atoms with Gasteiger partial charge in [-0.15, -0.1) is 0 Å². The van der Waals surface area contributed by atoms with Crippen molar-refractivity contribution >= 4 is 29.6 Å². The van der Waals surface area contributed by atoms with Gasteiger partial charge in [-0.25, -0.2) is 4.79 Å². The van der Waals surface area contributed by atoms with E-state index in [1.807, 2.05) is 0 Å². The van der Waals surface area contributed by atoms with E-state index in [-0.39, 0.29) is 34.4 Å². The molecule has 4 amide bonds. The zero-order valence-electron chi connectivity index (χ0n) is 15.5. The molecule has 0 aromatic heterocycles. The summed E-state index contributed by atoms with van der Waals surface area (Å²) in [5, 5.41) is 11.4. The van der Waals surface area contributed by atoms with Gasteiger partial charge in [-0.2, -0.15) is 0 Å². The molecular weight excluding hydrogens is 358 g/mol. The maximum absolute atomic E-state index is 12.3. The first-order valence-electron chi connectivity index (χ1n) is 7.93. The average Bonchev–Trinajstić information content (AvgIpc) is 2.62. The van der Waals surface area contributed by atoms with Gasteiger partial charge >= 0.3 is 11.7 Å². The molecule has 0 unspecified atom stereocenters. The molecule has 10 nitrogen and oxygen atoms in total. The molecule has 1 aliphatic rings. The lowest BCUT2D eigenvalue weighted by Gasteiger charge is -2.28. The molecule has 0 aliphatic carbocycles. The topological polar surface area (TPSA) is 119 Å². The molecule has 0 saturated carbocycles. The molecule has 2 rings (SSSR count). The van der Waals surface area contributed by atoms with Crippen LogP contribution >= 0.6 is 0 Å². The third kappa shape index (κ3) is 3.73. The molecular formula is C17H19N3O7. The number of rotatable bonds is 5. The Morgan fingerprint density at radius 1 is 1.11 bits per heavy atom. The lowest BCUT2D eigenvalue weighted by atomic mass is 10.1. The lowest BCUT2D eigenvalue weighted by molar-refractivity contribution is -0.386. The number of ether oxygens (including phenoxy) is 2. The predicted octanol–water partition coefficient (Wildman–Crippen LogP) is 1.82. The lowest BCUT2D eigenvalue weighted by Crippen LogP contribution is -2.52. The molecule has 1 fully saturated rings. The van der Waals surface area contributed by atoms with E-state index in [0.717, 1.165) is 9.80 Å². The molecule has 144 valence electrons. The zero-order chi connectivity index (χ0) is 20.5. The fraction of sp³-hybridized carbons (Fsp3) is 0.353. The highest BCUT2D eigenvalue weighted by molar-refractivity contribution is 6.30. The summed E-state index contributed by atoms with van der Waals surface area (Å²) in [5.74, 6) is -1.57. The smallest absolute Gasteiger partial charge is 0.333 e. The van der Waals surface area contributed by atoms with E-state index < -0.39 is 22.8 Å². The number of imide groups is 2. The van der Waals surface area contributed by atoms with Crippen LogP contribution in [0.15, 0.2) is 17.7 Å². The first-order valence-corrected chi connectivity index (χ1v) is 7.93. The Balaban J connectivity index is 2.62. The largest absolute Gasteiger partial charge is 0.493 e. The Kier molecular flexibility index (Phi) is 5.48. The Bertz CT molecular complexity index is 834. The number of nitrogens with zero attached hydrogens (tertiary/aromatic N) is 3. The summed E-state index contributed by atoms with van der Waals surface area (Å²) in [6.45, 7) is 3.42. The number of barbiturate groups is 1. The van der Waals surface area contributed by atoms with Crippen molar-refractivity contribution in [2.75, 3.05) is 21.2 Å². The molecule has 0 spiro atoms. The highest BCUT2D eigenvalue weighted by Gasteiger charge is 2.38. The number of benzene rings is 1. The van der Waals surface area contributed by atoms with Crippen LogP contribution in [0.4, 0.5) is 10.5 Å². The maximum Gasteiger partial charge on any atom is 0.333 e. The van der Waals surface area contributed by atoms with Gasteiger partial charge in [0, 0.05) is 20.2 Å². The molecule has 1 heterocycles. The number of nitro benzene ring substituents is 1. The number of nitro groups is 1. The van der Waals surface area contributed by atoms with E-state index in [9.17, 15) is 24.5 Å². The highest BCUT2D eigenvalue weighted by Crippen LogP contribution is 2.39. The van der Waals surface area contributed by atoms with Crippen LogP contribution in [0, 0.1) is 10.1 Å². The van der Waals surface area contributed by atoms with Gasteiger partial charge in [0.05, 0.1) is 18.1 Å². The maximum atomic E-state index is 12.3. The van der Waals surface area contributed by atoms with Gasteiger partial charge in [0.25, 0.3) is 11.8 Å². The number of urea groups is 1. The summed E-state index contributed by atoms with van der Waals surface area (Å²) < 4.78 is 10.7. The fourth-order valence-electron chi connectivity index (χ4n) is 2.47. The molecule has 1 aromatic carbocycles. The standard InChI is InChI=1S/C17H19N3O7/c1-9(2)27-14-12(20(24)25)7-10(8-13(14)26-5)6-11-15(21)18(3)17(23)19(4)16(11)22/h6-9H,1-5H3. The molecule has 1 aliphatic heterocycles. The van der Waals surface area contributed by atoms with Gasteiger partial charge in [0.1, 0.15) is 5.57 Å². The normalized spacial score (nSPS) is 14.7. The second-order valence-electron chi connectivity index (χ2n) is 6.06. The Labute approximate surface area is 155 Å². The summed E-state index contributed by atoms with van der Waals surface area (Å²) in [5.41, 5.74) is -0.487. The second-order valence-corrected chi connectivity index (χ2v) is 6.06. The predicted molar refractivity (Wildman–Crippen MR) is 94.3 cm³/mol. The van der Waals surface area contributed by atoms with Gasteiger partial charge in [-0.3, -0.25) is 29.5 Å². The molecule has 27 heavy (non-hydrogen) atoms. The fourth-order valence-corrected chi connectivity index (χ4v) is 2.47. The number of methoxy groups -OCH3 is 1. The Morgan fingerprint density at radius 2 is 1.67 bits per heavy atom. The number of carbonyl (C=O) groups is 3. The van der Waals surface area contributed by atoms with Crippen molar-refractivity contribution in [3.05, 3.63) is 33.4 Å². The van der Waals surface area contributed by atoms with Crippen molar-refractivity contribution in [3.8, 4) is 11.5 Å². The molecule has 1 aromatic rings. The van der Waals surface area contributed by atoms with Gasteiger partial charge in [-0.1, -0.05) is 0 Å². The van der Waals surface area contributed by atoms with Crippen LogP contribution in [-0.2, 0) is 9.59 Å². The van der Waals surface area contributed by atoms with Crippen molar-refractivity contribution in [1.82, 2.24) is 9.80 Å². The van der Waals surface area contributed by atoms with Crippen LogP contribution in [0.25, 0.3) is 6.08 Å². The van der Waals surface area contributed by atoms with Crippen LogP contribution in [0.3, 0.4) is 0 Å². The molecule has 0 atom stereocenters. The van der Waals surface area contributed by atoms with Crippen LogP contribution in [0.5, 0.6) is 11.5 Å². The van der Waals surface area contributed by atoms with Crippen LogP contribution < -0.4 is 9.47 Å². The zero-order valence-corrected chi connectivity index (χ0v) is 15.5. The van der Waals surface area contributed by atoms with Crippen molar-refractivity contribution in [2.45, 2.75) is 20.0 Å². The third-order valence-electron chi connectivity index (χ3n) is 3.78. The first-order chi connectivity index (χ1) is 12.6. The van der Waals surface area contributed by atoms with Crippen molar-refractivity contribution in [2.24, 2.45) is 0 Å². The van der Waals surface area contributed by atoms with Gasteiger partial charge in [0.2, 0.25) is 5.75 Å². The number of carbonyl (C=O) groups excluding carboxylic acids is 3. The summed E-state index contributed by atoms with van der Waals surface area (Å²) in [4.78, 5) is 48.7. The number of hydrogen-bond acceptors (Lipinski definition) is 7. The van der Waals surface area contributed by atoms with E-state index in [1.165, 1.54) is 39.4 Å². The van der Waals surface area contributed by atoms with Crippen molar-refractivity contribution in [1.29, 1.82) is 0 Å². The van der Waals surface area contributed by atoms with Gasteiger partial charge < -0.3 is 9.47 Å². The van der Waals surface area contributed by atoms with E-state index in [1.54, 1.807) is 13.8 Å². The SMILES string of the molecule is COc1cc(C=C2C(=O)N(C)C(=O)N(C)C2=O)cc([N+](=O)[O-])c1OC(C)C. The summed E-state index contributed by atoms with van der Waals surface area (Å²) in [7, 11) is 3.80. The van der Waals surface area contributed by atoms with Crippen LogP contribution in [-0.4, -0.2) is 59.9 Å². The van der Waals surface area contributed by atoms with Crippen molar-refractivity contribution in [3.63, 3.8) is 0 Å². The molecule has 0 bridgehead atoms. The minimum Gasteiger partial charge on any atom is -0.493 e. The van der Waals surface area contributed by atoms with E-state index in [4.69, 9.17) is 9.47 Å². The summed E-state index contributed by atoms with van der Waals surface area (Å²) in [6, 6.07) is 1.82. The van der Waals surface area contributed by atoms with E-state index >= 15 is 0 Å². The molecule has 0 N–H and O–H groups in total. The third-order valence-corrected chi connectivity index (χ3v) is 3.78. The van der Waals surface area contributed by atoms with Gasteiger partial charge in [0.15, 0.2) is 5.75 Å². The van der Waals surface area contributed by atoms with E-state index in [2.05, 4.69) is 0 Å². The molecule has 10 heteroatoms. The number of amides is 4. The van der Waals surface area contributed by atoms with Gasteiger partial charge in [-0.05, 0) is 31.6 Å². The van der Waals surface area contributed by atoms with Crippen LogP contribution in [0.2, 0.25) is 0 Å². The average molecular weight is 377 g/mol. The first kappa shape index (κ1) is 19.9. The molecule has 1 saturated heterocycles. The van der Waals surface area contributed by atoms with Crippen molar-refractivity contribution < 1.29 is 28.8 Å². The molecule has 0 radical (unpaired) electrons. The minimum atomic E-state index is -0.799. The second kappa shape index (κ2) is 7.44. The number of likely N-dealkylation sites (N-methyl/N-ethyl adjacent to an activating group) is 2. The highest BCUT2D eigenvalue weighted by atomic mass is 16.6. The summed E-state index contributed by atoms with van der Waals surface area (Å²) in [6.07, 6.45) is 0.843. The minimum absolute atomic E-state index is 0.0506. The number of hydrogen-bond donors (Lipinski definition) is 0.